The van der Waals surface area contributed by atoms with Gasteiger partial charge in [-0.15, -0.1) is 0 Å². The van der Waals surface area contributed by atoms with E-state index in [-0.39, 0.29) is 16.8 Å². The van der Waals surface area contributed by atoms with Crippen LogP contribution in [0.1, 0.15) is 35.4 Å². The van der Waals surface area contributed by atoms with E-state index in [9.17, 15) is 13.2 Å². The number of hydrogen-bond donors (Lipinski definition) is 0. The van der Waals surface area contributed by atoms with Crippen LogP contribution in [0, 0.1) is 0 Å². The lowest BCUT2D eigenvalue weighted by molar-refractivity contribution is 0.0592. The summed E-state index contributed by atoms with van der Waals surface area (Å²) in [6, 6.07) is 10.6. The number of furan rings is 1. The molecule has 2 saturated heterocycles. The van der Waals surface area contributed by atoms with Gasteiger partial charge in [0.25, 0.3) is 15.9 Å². The Bertz CT molecular complexity index is 993. The maximum atomic E-state index is 12.8. The third-order valence-corrected chi connectivity index (χ3v) is 7.66. The highest BCUT2D eigenvalue weighted by Gasteiger charge is 2.31. The van der Waals surface area contributed by atoms with Gasteiger partial charge in [0.1, 0.15) is 0 Å². The molecule has 2 aliphatic heterocycles. The van der Waals surface area contributed by atoms with E-state index in [2.05, 4.69) is 4.90 Å². The SMILES string of the molecule is O=C(c1ccc(S(=O)(=O)N2CCCCC2)o1)N1CCN(Cc2cccc(Cl)c2)CC1. The van der Waals surface area contributed by atoms with Gasteiger partial charge in [-0.3, -0.25) is 9.69 Å². The van der Waals surface area contributed by atoms with Crippen molar-refractivity contribution in [1.29, 1.82) is 0 Å². The van der Waals surface area contributed by atoms with E-state index in [0.29, 0.717) is 26.2 Å². The smallest absolute Gasteiger partial charge is 0.289 e. The number of nitrogens with zero attached hydrogens (tertiary/aromatic N) is 3. The number of carbonyl (C=O) groups is 1. The van der Waals surface area contributed by atoms with Crippen LogP contribution in [0.25, 0.3) is 0 Å². The Morgan fingerprint density at radius 3 is 2.40 bits per heavy atom. The van der Waals surface area contributed by atoms with Crippen LogP contribution in [0.15, 0.2) is 45.9 Å². The average molecular weight is 452 g/mol. The van der Waals surface area contributed by atoms with Crippen LogP contribution < -0.4 is 0 Å². The number of hydrogen-bond acceptors (Lipinski definition) is 5. The van der Waals surface area contributed by atoms with Gasteiger partial charge in [-0.05, 0) is 42.7 Å². The van der Waals surface area contributed by atoms with Crippen molar-refractivity contribution in [2.24, 2.45) is 0 Å². The lowest BCUT2D eigenvalue weighted by atomic mass is 10.2. The molecule has 0 atom stereocenters. The van der Waals surface area contributed by atoms with Crippen LogP contribution in [-0.2, 0) is 16.6 Å². The Morgan fingerprint density at radius 2 is 1.70 bits per heavy atom. The van der Waals surface area contributed by atoms with E-state index in [4.69, 9.17) is 16.0 Å². The second kappa shape index (κ2) is 9.09. The second-order valence-corrected chi connectivity index (χ2v) is 10.1. The topological polar surface area (TPSA) is 74.1 Å². The maximum absolute atomic E-state index is 12.8. The highest BCUT2D eigenvalue weighted by Crippen LogP contribution is 2.23. The molecule has 0 spiro atoms. The molecule has 30 heavy (non-hydrogen) atoms. The number of carbonyl (C=O) groups excluding carboxylic acids is 1. The fourth-order valence-electron chi connectivity index (χ4n) is 3.96. The summed E-state index contributed by atoms with van der Waals surface area (Å²) in [5, 5.41) is 0.571. The Hall–Kier alpha value is -1.87. The van der Waals surface area contributed by atoms with Crippen LogP contribution in [0.4, 0.5) is 0 Å². The van der Waals surface area contributed by atoms with E-state index >= 15 is 0 Å². The summed E-state index contributed by atoms with van der Waals surface area (Å²) in [5.41, 5.74) is 1.14. The molecular formula is C21H26ClN3O4S. The molecule has 9 heteroatoms. The van der Waals surface area contributed by atoms with Gasteiger partial charge >= 0.3 is 0 Å². The van der Waals surface area contributed by atoms with Crippen molar-refractivity contribution in [2.45, 2.75) is 30.9 Å². The molecule has 7 nitrogen and oxygen atoms in total. The van der Waals surface area contributed by atoms with E-state index in [1.165, 1.54) is 16.4 Å². The largest absolute Gasteiger partial charge is 0.438 e. The molecule has 162 valence electrons. The van der Waals surface area contributed by atoms with E-state index in [1.54, 1.807) is 4.90 Å². The molecule has 0 bridgehead atoms. The predicted molar refractivity (Wildman–Crippen MR) is 114 cm³/mol. The molecule has 0 saturated carbocycles. The molecule has 4 rings (SSSR count). The number of piperidine rings is 1. The minimum absolute atomic E-state index is 0.0777. The van der Waals surface area contributed by atoms with E-state index in [0.717, 1.165) is 49.5 Å². The second-order valence-electron chi connectivity index (χ2n) is 7.78. The summed E-state index contributed by atoms with van der Waals surface area (Å²) in [6.07, 6.45) is 2.74. The van der Waals surface area contributed by atoms with Gasteiger partial charge < -0.3 is 9.32 Å². The lowest BCUT2D eigenvalue weighted by Crippen LogP contribution is -2.48. The van der Waals surface area contributed by atoms with Gasteiger partial charge in [0.2, 0.25) is 5.09 Å². The normalized spacial score (nSPS) is 19.2. The molecule has 0 N–H and O–H groups in total. The monoisotopic (exact) mass is 451 g/mol. The van der Waals surface area contributed by atoms with E-state index in [1.807, 2.05) is 24.3 Å². The first kappa shape index (κ1) is 21.4. The summed E-state index contributed by atoms with van der Waals surface area (Å²) in [6.45, 7) is 4.38. The number of halogens is 1. The minimum atomic E-state index is -3.68. The Balaban J connectivity index is 1.35. The predicted octanol–water partition coefficient (Wildman–Crippen LogP) is 3.07. The highest BCUT2D eigenvalue weighted by molar-refractivity contribution is 7.89. The van der Waals surface area contributed by atoms with Crippen molar-refractivity contribution >= 4 is 27.5 Å². The van der Waals surface area contributed by atoms with Crippen molar-refractivity contribution < 1.29 is 17.6 Å². The average Bonchev–Trinajstić information content (AvgIpc) is 3.26. The zero-order chi connectivity index (χ0) is 21.1. The standard InChI is InChI=1S/C21H26ClN3O4S/c22-18-6-4-5-17(15-18)16-23-11-13-24(14-12-23)21(26)19-7-8-20(29-19)30(27,28)25-9-2-1-3-10-25/h4-8,15H,1-3,9-14,16H2. The molecule has 1 aromatic carbocycles. The number of piperazine rings is 1. The van der Waals surface area contributed by atoms with Gasteiger partial charge in [-0.2, -0.15) is 4.31 Å². The first-order valence-corrected chi connectivity index (χ1v) is 12.1. The molecule has 2 aromatic rings. The maximum Gasteiger partial charge on any atom is 0.289 e. The summed E-state index contributed by atoms with van der Waals surface area (Å²) in [7, 11) is -3.68. The molecule has 2 fully saturated rings. The van der Waals surface area contributed by atoms with E-state index < -0.39 is 10.0 Å². The van der Waals surface area contributed by atoms with Crippen LogP contribution in [0.3, 0.4) is 0 Å². The summed E-state index contributed by atoms with van der Waals surface area (Å²) >= 11 is 6.05. The van der Waals surface area contributed by atoms with Crippen molar-refractivity contribution in [3.8, 4) is 0 Å². The third kappa shape index (κ3) is 4.72. The Morgan fingerprint density at radius 1 is 0.967 bits per heavy atom. The molecule has 0 unspecified atom stereocenters. The first-order valence-electron chi connectivity index (χ1n) is 10.3. The zero-order valence-corrected chi connectivity index (χ0v) is 18.4. The fourth-order valence-corrected chi connectivity index (χ4v) is 5.61. The number of rotatable bonds is 5. The van der Waals surface area contributed by atoms with Gasteiger partial charge in [0.15, 0.2) is 5.76 Å². The number of sulfonamides is 1. The number of amides is 1. The van der Waals surface area contributed by atoms with Gasteiger partial charge in [0.05, 0.1) is 0 Å². The van der Waals surface area contributed by atoms with Crippen molar-refractivity contribution in [3.05, 3.63) is 52.7 Å². The quantitative estimate of drug-likeness (QED) is 0.698. The Labute approximate surface area is 182 Å². The Kier molecular flexibility index (Phi) is 6.48. The molecule has 0 aliphatic carbocycles. The molecule has 1 aromatic heterocycles. The summed E-state index contributed by atoms with van der Waals surface area (Å²) in [5.74, 6) is -0.189. The van der Waals surface area contributed by atoms with Crippen LogP contribution in [0.2, 0.25) is 5.02 Å². The molecule has 0 radical (unpaired) electrons. The van der Waals surface area contributed by atoms with Gasteiger partial charge in [-0.25, -0.2) is 8.42 Å². The van der Waals surface area contributed by atoms with Crippen molar-refractivity contribution in [2.75, 3.05) is 39.3 Å². The zero-order valence-electron chi connectivity index (χ0n) is 16.8. The van der Waals surface area contributed by atoms with Crippen molar-refractivity contribution in [3.63, 3.8) is 0 Å². The van der Waals surface area contributed by atoms with Gasteiger partial charge in [0, 0.05) is 50.8 Å². The first-order chi connectivity index (χ1) is 14.4. The minimum Gasteiger partial charge on any atom is -0.438 e. The fraction of sp³-hybridized carbons (Fsp3) is 0.476. The lowest BCUT2D eigenvalue weighted by Gasteiger charge is -2.34. The van der Waals surface area contributed by atoms with Gasteiger partial charge in [-0.1, -0.05) is 30.2 Å². The summed E-state index contributed by atoms with van der Waals surface area (Å²) < 4.78 is 32.4. The molecule has 3 heterocycles. The van der Waals surface area contributed by atoms with Crippen LogP contribution in [-0.4, -0.2) is 67.7 Å². The summed E-state index contributed by atoms with van der Waals surface area (Å²) in [4.78, 5) is 16.8. The molecular weight excluding hydrogens is 426 g/mol. The molecule has 2 aliphatic rings. The number of benzene rings is 1. The van der Waals surface area contributed by atoms with Crippen LogP contribution in [0.5, 0.6) is 0 Å². The molecule has 1 amide bonds. The highest BCUT2D eigenvalue weighted by atomic mass is 35.5. The van der Waals surface area contributed by atoms with Crippen molar-refractivity contribution in [1.82, 2.24) is 14.1 Å². The van der Waals surface area contributed by atoms with Crippen LogP contribution >= 0.6 is 11.6 Å². The third-order valence-electron chi connectivity index (χ3n) is 5.66.